The Hall–Kier alpha value is -2.73. The molecule has 3 rings (SSSR count). The average Bonchev–Trinajstić information content (AvgIpc) is 3.03. The first-order chi connectivity index (χ1) is 11.2. The maximum Gasteiger partial charge on any atom is 0.170 e. The zero-order valence-electron chi connectivity index (χ0n) is 13.2. The first-order valence-electron chi connectivity index (χ1n) is 7.18. The molecule has 0 radical (unpaired) electrons. The zero-order chi connectivity index (χ0) is 16.4. The summed E-state index contributed by atoms with van der Waals surface area (Å²) in [6, 6.07) is 5.65. The van der Waals surface area contributed by atoms with Gasteiger partial charge < -0.3 is 13.9 Å². The highest BCUT2D eigenvalue weighted by Gasteiger charge is 2.16. The normalized spacial score (nSPS) is 12.3. The van der Waals surface area contributed by atoms with Crippen molar-refractivity contribution in [1.29, 1.82) is 0 Å². The molecule has 0 aliphatic rings. The second kappa shape index (κ2) is 6.18. The van der Waals surface area contributed by atoms with Crippen LogP contribution in [0.15, 0.2) is 36.8 Å². The van der Waals surface area contributed by atoms with Gasteiger partial charge >= 0.3 is 0 Å². The van der Waals surface area contributed by atoms with Gasteiger partial charge in [-0.15, -0.1) is 0 Å². The van der Waals surface area contributed by atoms with Crippen molar-refractivity contribution in [3.05, 3.63) is 48.0 Å². The van der Waals surface area contributed by atoms with Gasteiger partial charge in [0.2, 0.25) is 0 Å². The first kappa shape index (κ1) is 15.2. The molecular weight excluding hydrogens is 294 g/mol. The van der Waals surface area contributed by atoms with Gasteiger partial charge in [-0.25, -0.2) is 4.98 Å². The van der Waals surface area contributed by atoms with Gasteiger partial charge in [-0.05, 0) is 25.1 Å². The number of pyridine rings is 2. The van der Waals surface area contributed by atoms with Crippen LogP contribution in [-0.2, 0) is 4.74 Å². The summed E-state index contributed by atoms with van der Waals surface area (Å²) in [4.78, 5) is 19.8. The molecule has 0 fully saturated rings. The van der Waals surface area contributed by atoms with E-state index in [1.165, 1.54) is 0 Å². The SMILES string of the molecule is COc1cccnc1-c1cc([C@@H](C)OC)c2nc(C=O)cn2c1. The van der Waals surface area contributed by atoms with E-state index < -0.39 is 0 Å². The maximum atomic E-state index is 11.0. The Morgan fingerprint density at radius 3 is 2.83 bits per heavy atom. The molecule has 118 valence electrons. The van der Waals surface area contributed by atoms with Gasteiger partial charge in [-0.3, -0.25) is 9.78 Å². The molecule has 0 saturated carbocycles. The van der Waals surface area contributed by atoms with E-state index in [0.29, 0.717) is 17.1 Å². The van der Waals surface area contributed by atoms with E-state index in [2.05, 4.69) is 9.97 Å². The minimum atomic E-state index is -0.172. The average molecular weight is 311 g/mol. The Morgan fingerprint density at radius 1 is 1.30 bits per heavy atom. The number of ether oxygens (including phenoxy) is 2. The lowest BCUT2D eigenvalue weighted by atomic mass is 10.1. The minimum absolute atomic E-state index is 0.172. The van der Waals surface area contributed by atoms with Crippen molar-refractivity contribution in [3.63, 3.8) is 0 Å². The Morgan fingerprint density at radius 2 is 2.13 bits per heavy atom. The summed E-state index contributed by atoms with van der Waals surface area (Å²) in [5, 5.41) is 0. The smallest absolute Gasteiger partial charge is 0.170 e. The van der Waals surface area contributed by atoms with E-state index in [9.17, 15) is 4.79 Å². The molecule has 0 spiro atoms. The van der Waals surface area contributed by atoms with Crippen LogP contribution < -0.4 is 4.74 Å². The first-order valence-corrected chi connectivity index (χ1v) is 7.18. The van der Waals surface area contributed by atoms with Gasteiger partial charge in [0.05, 0.1) is 13.2 Å². The molecule has 0 N–H and O–H groups in total. The Balaban J connectivity index is 2.27. The lowest BCUT2D eigenvalue weighted by molar-refractivity contribution is 0.111. The van der Waals surface area contributed by atoms with Crippen LogP contribution in [0.1, 0.15) is 29.1 Å². The molecule has 0 unspecified atom stereocenters. The molecule has 0 aromatic carbocycles. The second-order valence-corrected chi connectivity index (χ2v) is 5.13. The highest BCUT2D eigenvalue weighted by Crippen LogP contribution is 2.31. The summed E-state index contributed by atoms with van der Waals surface area (Å²) in [5.74, 6) is 0.679. The van der Waals surface area contributed by atoms with Crippen molar-refractivity contribution in [3.8, 4) is 17.0 Å². The lowest BCUT2D eigenvalue weighted by Crippen LogP contribution is -2.02. The van der Waals surface area contributed by atoms with Crippen molar-refractivity contribution in [2.45, 2.75) is 13.0 Å². The minimum Gasteiger partial charge on any atom is -0.494 e. The highest BCUT2D eigenvalue weighted by molar-refractivity contribution is 5.75. The van der Waals surface area contributed by atoms with Gasteiger partial charge in [-0.1, -0.05) is 0 Å². The zero-order valence-corrected chi connectivity index (χ0v) is 13.2. The Kier molecular flexibility index (Phi) is 4.08. The molecule has 0 saturated heterocycles. The van der Waals surface area contributed by atoms with Crippen LogP contribution in [0.4, 0.5) is 0 Å². The predicted molar refractivity (Wildman–Crippen MR) is 85.8 cm³/mol. The molecular formula is C17H17N3O3. The topological polar surface area (TPSA) is 65.7 Å². The molecule has 3 heterocycles. The number of hydrogen-bond acceptors (Lipinski definition) is 5. The van der Waals surface area contributed by atoms with E-state index >= 15 is 0 Å². The van der Waals surface area contributed by atoms with Crippen LogP contribution in [0.3, 0.4) is 0 Å². The number of aromatic nitrogens is 3. The van der Waals surface area contributed by atoms with Crippen molar-refractivity contribution in [2.24, 2.45) is 0 Å². The third-order valence-electron chi connectivity index (χ3n) is 3.77. The van der Waals surface area contributed by atoms with Gasteiger partial charge in [0, 0.05) is 36.8 Å². The van der Waals surface area contributed by atoms with Crippen LogP contribution in [-0.4, -0.2) is 34.9 Å². The molecule has 6 heteroatoms. The number of carbonyl (C=O) groups is 1. The van der Waals surface area contributed by atoms with E-state index in [1.807, 2.05) is 35.7 Å². The summed E-state index contributed by atoms with van der Waals surface area (Å²) < 4.78 is 12.6. The number of fused-ring (bicyclic) bond motifs is 1. The monoisotopic (exact) mass is 311 g/mol. The molecule has 6 nitrogen and oxygen atoms in total. The molecule has 3 aromatic rings. The van der Waals surface area contributed by atoms with E-state index in [-0.39, 0.29) is 6.10 Å². The summed E-state index contributed by atoms with van der Waals surface area (Å²) >= 11 is 0. The van der Waals surface area contributed by atoms with Crippen molar-refractivity contribution >= 4 is 11.9 Å². The fraction of sp³-hybridized carbons (Fsp3) is 0.235. The second-order valence-electron chi connectivity index (χ2n) is 5.13. The summed E-state index contributed by atoms with van der Waals surface area (Å²) in [6.07, 6.45) is 5.84. The van der Waals surface area contributed by atoms with E-state index in [1.54, 1.807) is 26.6 Å². The number of aldehydes is 1. The number of rotatable bonds is 5. The van der Waals surface area contributed by atoms with Crippen molar-refractivity contribution in [1.82, 2.24) is 14.4 Å². The summed E-state index contributed by atoms with van der Waals surface area (Å²) in [5.41, 5.74) is 3.54. The quantitative estimate of drug-likeness (QED) is 0.678. The fourth-order valence-electron chi connectivity index (χ4n) is 2.53. The van der Waals surface area contributed by atoms with E-state index in [4.69, 9.17) is 9.47 Å². The van der Waals surface area contributed by atoms with Gasteiger partial charge in [0.15, 0.2) is 6.29 Å². The third-order valence-corrected chi connectivity index (χ3v) is 3.77. The molecule has 0 amide bonds. The van der Waals surface area contributed by atoms with Crippen LogP contribution in [0.2, 0.25) is 0 Å². The van der Waals surface area contributed by atoms with Crippen LogP contribution in [0.25, 0.3) is 16.9 Å². The Bertz CT molecular complexity index is 857. The molecule has 0 aliphatic carbocycles. The number of nitrogens with zero attached hydrogens (tertiary/aromatic N) is 3. The summed E-state index contributed by atoms with van der Waals surface area (Å²) in [6.45, 7) is 1.93. The van der Waals surface area contributed by atoms with Crippen LogP contribution in [0, 0.1) is 0 Å². The van der Waals surface area contributed by atoms with Crippen LogP contribution in [0.5, 0.6) is 5.75 Å². The summed E-state index contributed by atoms with van der Waals surface area (Å²) in [7, 11) is 3.25. The molecule has 0 aliphatic heterocycles. The molecule has 23 heavy (non-hydrogen) atoms. The number of imidazole rings is 1. The number of carbonyl (C=O) groups excluding carboxylic acids is 1. The molecule has 3 aromatic heterocycles. The molecule has 1 atom stereocenters. The number of methoxy groups -OCH3 is 2. The molecule has 0 bridgehead atoms. The fourth-order valence-corrected chi connectivity index (χ4v) is 2.53. The van der Waals surface area contributed by atoms with Crippen molar-refractivity contribution in [2.75, 3.05) is 14.2 Å². The standard InChI is InChI=1S/C17H17N3O3/c1-11(22-2)14-7-12(16-15(23-3)5-4-6-18-16)8-20-9-13(10-21)19-17(14)20/h4-11H,1-3H3/t11-/m1/s1. The van der Waals surface area contributed by atoms with Crippen molar-refractivity contribution < 1.29 is 14.3 Å². The lowest BCUT2D eigenvalue weighted by Gasteiger charge is -2.14. The van der Waals surface area contributed by atoms with Crippen LogP contribution >= 0.6 is 0 Å². The van der Waals surface area contributed by atoms with E-state index in [0.717, 1.165) is 23.1 Å². The number of hydrogen-bond donors (Lipinski definition) is 0. The van der Waals surface area contributed by atoms with Gasteiger partial charge in [0.1, 0.15) is 22.8 Å². The van der Waals surface area contributed by atoms with Gasteiger partial charge in [0.25, 0.3) is 0 Å². The Labute approximate surface area is 133 Å². The maximum absolute atomic E-state index is 11.0. The predicted octanol–water partition coefficient (Wildman–Crippen LogP) is 2.92. The largest absolute Gasteiger partial charge is 0.494 e. The van der Waals surface area contributed by atoms with Gasteiger partial charge in [-0.2, -0.15) is 0 Å². The highest BCUT2D eigenvalue weighted by atomic mass is 16.5. The third kappa shape index (κ3) is 2.68.